The number of esters is 1. The van der Waals surface area contributed by atoms with E-state index in [9.17, 15) is 4.79 Å². The van der Waals surface area contributed by atoms with Gasteiger partial charge >= 0.3 is 5.97 Å². The predicted molar refractivity (Wildman–Crippen MR) is 125 cm³/mol. The number of hydrogen-bond acceptors (Lipinski definition) is 5. The number of nitrogens with zero attached hydrogens (tertiary/aromatic N) is 2. The van der Waals surface area contributed by atoms with Crippen LogP contribution in [0, 0.1) is 11.8 Å². The zero-order chi connectivity index (χ0) is 22.1. The molecule has 6 rings (SSSR count). The lowest BCUT2D eigenvalue weighted by Gasteiger charge is -2.51. The highest BCUT2D eigenvalue weighted by molar-refractivity contribution is 5.90. The highest BCUT2D eigenvalue weighted by Crippen LogP contribution is 2.44. The molecule has 3 aliphatic heterocycles. The summed E-state index contributed by atoms with van der Waals surface area (Å²) in [6.45, 7) is 6.03. The molecule has 1 aromatic heterocycles. The van der Waals surface area contributed by atoms with Gasteiger partial charge in [0, 0.05) is 17.5 Å². The van der Waals surface area contributed by atoms with Crippen molar-refractivity contribution in [2.75, 3.05) is 20.2 Å². The maximum atomic E-state index is 13.2. The first kappa shape index (κ1) is 20.7. The van der Waals surface area contributed by atoms with Crippen molar-refractivity contribution in [2.24, 2.45) is 11.8 Å². The van der Waals surface area contributed by atoms with Crippen molar-refractivity contribution in [3.8, 4) is 5.75 Å². The van der Waals surface area contributed by atoms with Crippen LogP contribution >= 0.6 is 0 Å². The Morgan fingerprint density at radius 2 is 2.06 bits per heavy atom. The van der Waals surface area contributed by atoms with E-state index < -0.39 is 6.10 Å². The summed E-state index contributed by atoms with van der Waals surface area (Å²) < 4.78 is 11.7. The van der Waals surface area contributed by atoms with Crippen LogP contribution in [-0.2, 0) is 4.74 Å². The fraction of sp³-hybridized carbons (Fsp3) is 0.333. The standard InChI is InChI=1S/C27H28N2O3/c1-3-18-17-29-13-12-20(18)14-25(29)26(32-27(30)19-8-5-4-6-9-19)22-10-7-11-24-23(22)15-21(31-2)16-28-24/h3-11,15-16,18,20,25-26H,1,12-14,17H2,2H3/t18?,20?,25?,26-/m0/s1. The Bertz CT molecular complexity index is 1130. The van der Waals surface area contributed by atoms with Gasteiger partial charge in [-0.1, -0.05) is 36.4 Å². The molecule has 3 fully saturated rings. The second-order valence-electron chi connectivity index (χ2n) is 8.73. The maximum Gasteiger partial charge on any atom is 0.338 e. The van der Waals surface area contributed by atoms with Crippen LogP contribution in [0.1, 0.15) is 34.9 Å². The molecule has 0 amide bonds. The lowest BCUT2D eigenvalue weighted by atomic mass is 9.73. The lowest BCUT2D eigenvalue weighted by molar-refractivity contribution is -0.0567. The average Bonchev–Trinajstić information content (AvgIpc) is 2.87. The molecule has 0 saturated carbocycles. The number of pyridine rings is 1. The molecule has 3 aliphatic rings. The van der Waals surface area contributed by atoms with Crippen LogP contribution in [0.15, 0.2) is 73.4 Å². The second-order valence-corrected chi connectivity index (χ2v) is 8.73. The van der Waals surface area contributed by atoms with Crippen LogP contribution in [-0.4, -0.2) is 42.1 Å². The minimum absolute atomic E-state index is 0.120. The van der Waals surface area contributed by atoms with E-state index in [1.807, 2.05) is 36.4 Å². The van der Waals surface area contributed by atoms with E-state index >= 15 is 0 Å². The Hall–Kier alpha value is -3.18. The molecule has 4 heterocycles. The molecule has 0 radical (unpaired) electrons. The summed E-state index contributed by atoms with van der Waals surface area (Å²) in [6, 6.07) is 17.4. The molecule has 3 aromatic rings. The van der Waals surface area contributed by atoms with Gasteiger partial charge in [-0.2, -0.15) is 0 Å². The number of piperidine rings is 3. The largest absolute Gasteiger partial charge is 0.495 e. The topological polar surface area (TPSA) is 51.7 Å². The van der Waals surface area contributed by atoms with Gasteiger partial charge in [0.1, 0.15) is 11.9 Å². The number of ether oxygens (including phenoxy) is 2. The monoisotopic (exact) mass is 428 g/mol. The zero-order valence-electron chi connectivity index (χ0n) is 18.3. The van der Waals surface area contributed by atoms with Crippen molar-refractivity contribution < 1.29 is 14.3 Å². The first-order valence-corrected chi connectivity index (χ1v) is 11.2. The SMILES string of the molecule is C=CC1CN2CCC1CC2[C@@H](OC(=O)c1ccccc1)c1cccc2ncc(OC)cc12. The van der Waals surface area contributed by atoms with Gasteiger partial charge < -0.3 is 9.47 Å². The molecule has 2 aromatic carbocycles. The maximum absolute atomic E-state index is 13.2. The molecule has 5 atom stereocenters. The summed E-state index contributed by atoms with van der Waals surface area (Å²) in [5.41, 5.74) is 2.41. The first-order chi connectivity index (χ1) is 15.7. The Kier molecular flexibility index (Phi) is 5.66. The molecule has 4 unspecified atom stereocenters. The number of rotatable bonds is 6. The molecule has 164 valence electrons. The highest BCUT2D eigenvalue weighted by atomic mass is 16.5. The number of aromatic nitrogens is 1. The Labute approximate surface area is 188 Å². The van der Waals surface area contributed by atoms with Crippen LogP contribution in [0.25, 0.3) is 10.9 Å². The van der Waals surface area contributed by atoms with Crippen molar-refractivity contribution in [2.45, 2.75) is 25.0 Å². The minimum Gasteiger partial charge on any atom is -0.495 e. The number of carbonyl (C=O) groups is 1. The van der Waals surface area contributed by atoms with Crippen molar-refractivity contribution in [1.82, 2.24) is 9.88 Å². The summed E-state index contributed by atoms with van der Waals surface area (Å²) >= 11 is 0. The highest BCUT2D eigenvalue weighted by Gasteiger charge is 2.44. The number of benzene rings is 2. The summed E-state index contributed by atoms with van der Waals surface area (Å²) in [4.78, 5) is 20.2. The lowest BCUT2D eigenvalue weighted by Crippen LogP contribution is -2.55. The fourth-order valence-electron chi connectivity index (χ4n) is 5.31. The minimum atomic E-state index is -0.395. The van der Waals surface area contributed by atoms with Crippen LogP contribution in [0.2, 0.25) is 0 Å². The van der Waals surface area contributed by atoms with Gasteiger partial charge in [-0.3, -0.25) is 9.88 Å². The Balaban J connectivity index is 1.57. The molecule has 5 nitrogen and oxygen atoms in total. The van der Waals surface area contributed by atoms with Crippen molar-refractivity contribution in [3.05, 3.63) is 84.6 Å². The molecule has 0 spiro atoms. The van der Waals surface area contributed by atoms with Gasteiger partial charge in [0.15, 0.2) is 0 Å². The fourth-order valence-corrected chi connectivity index (χ4v) is 5.31. The number of methoxy groups -OCH3 is 1. The first-order valence-electron chi connectivity index (χ1n) is 11.2. The third-order valence-electron chi connectivity index (χ3n) is 7.02. The molecule has 5 heteroatoms. The Morgan fingerprint density at radius 3 is 2.78 bits per heavy atom. The van der Waals surface area contributed by atoms with Gasteiger partial charge in [0.05, 0.1) is 30.4 Å². The molecule has 0 aliphatic carbocycles. The van der Waals surface area contributed by atoms with Crippen LogP contribution in [0.4, 0.5) is 0 Å². The van der Waals surface area contributed by atoms with E-state index in [-0.39, 0.29) is 12.0 Å². The summed E-state index contributed by atoms with van der Waals surface area (Å²) in [5.74, 6) is 1.46. The van der Waals surface area contributed by atoms with Gasteiger partial charge in [0.2, 0.25) is 0 Å². The third kappa shape index (κ3) is 3.78. The van der Waals surface area contributed by atoms with Crippen molar-refractivity contribution in [3.63, 3.8) is 0 Å². The molecular formula is C27H28N2O3. The predicted octanol–water partition coefficient (Wildman–Crippen LogP) is 5.04. The normalized spacial score (nSPS) is 25.3. The van der Waals surface area contributed by atoms with E-state index in [0.29, 0.717) is 23.1 Å². The van der Waals surface area contributed by atoms with Crippen LogP contribution in [0.5, 0.6) is 5.75 Å². The van der Waals surface area contributed by atoms with Crippen molar-refractivity contribution >= 4 is 16.9 Å². The quantitative estimate of drug-likeness (QED) is 0.407. The summed E-state index contributed by atoms with van der Waals surface area (Å²) in [5, 5.41) is 0.959. The van der Waals surface area contributed by atoms with E-state index in [4.69, 9.17) is 9.47 Å². The average molecular weight is 429 g/mol. The summed E-state index contributed by atoms with van der Waals surface area (Å²) in [7, 11) is 1.64. The molecule has 3 saturated heterocycles. The Morgan fingerprint density at radius 1 is 1.22 bits per heavy atom. The van der Waals surface area contributed by atoms with Gasteiger partial charge in [-0.15, -0.1) is 6.58 Å². The van der Waals surface area contributed by atoms with Gasteiger partial charge in [-0.25, -0.2) is 4.79 Å². The molecular weight excluding hydrogens is 400 g/mol. The van der Waals surface area contributed by atoms with E-state index in [1.165, 1.54) is 0 Å². The van der Waals surface area contributed by atoms with Gasteiger partial charge in [-0.05, 0) is 55.5 Å². The second kappa shape index (κ2) is 8.75. The third-order valence-corrected chi connectivity index (χ3v) is 7.02. The smallest absolute Gasteiger partial charge is 0.338 e. The van der Waals surface area contributed by atoms with E-state index in [0.717, 1.165) is 42.4 Å². The number of fused-ring (bicyclic) bond motifs is 4. The van der Waals surface area contributed by atoms with E-state index in [1.54, 1.807) is 25.4 Å². The van der Waals surface area contributed by atoms with Crippen LogP contribution in [0.3, 0.4) is 0 Å². The number of carbonyl (C=O) groups excluding carboxylic acids is 1. The van der Waals surface area contributed by atoms with Crippen LogP contribution < -0.4 is 4.74 Å². The molecule has 0 N–H and O–H groups in total. The van der Waals surface area contributed by atoms with Crippen molar-refractivity contribution in [1.29, 1.82) is 0 Å². The number of hydrogen-bond donors (Lipinski definition) is 0. The molecule has 32 heavy (non-hydrogen) atoms. The van der Waals surface area contributed by atoms with Gasteiger partial charge in [0.25, 0.3) is 0 Å². The summed E-state index contributed by atoms with van der Waals surface area (Å²) in [6.07, 6.45) is 5.56. The molecule has 2 bridgehead atoms. The zero-order valence-corrected chi connectivity index (χ0v) is 18.3. The van der Waals surface area contributed by atoms with E-state index in [2.05, 4.69) is 28.6 Å².